The fraction of sp³-hybridized carbons (Fsp3) is 0.423. The molecule has 1 saturated heterocycles. The average molecular weight is 493 g/mol. The van der Waals surface area contributed by atoms with Crippen molar-refractivity contribution >= 4 is 11.0 Å². The zero-order chi connectivity index (χ0) is 25.2. The van der Waals surface area contributed by atoms with E-state index in [1.165, 1.54) is 35.2 Å². The summed E-state index contributed by atoms with van der Waals surface area (Å²) in [5.41, 5.74) is -0.446. The van der Waals surface area contributed by atoms with E-state index in [1.54, 1.807) is 19.1 Å². The van der Waals surface area contributed by atoms with Gasteiger partial charge in [0.1, 0.15) is 36.3 Å². The fourth-order valence-electron chi connectivity index (χ4n) is 4.28. The third-order valence-corrected chi connectivity index (χ3v) is 6.24. The summed E-state index contributed by atoms with van der Waals surface area (Å²) in [6, 6.07) is 10.4. The highest BCUT2D eigenvalue weighted by Gasteiger charge is 2.40. The molecule has 4 rings (SSSR count). The summed E-state index contributed by atoms with van der Waals surface area (Å²) < 4.78 is 57.4. The molecule has 0 unspecified atom stereocenters. The number of hydrogen-bond donors (Lipinski definition) is 2. The van der Waals surface area contributed by atoms with Crippen molar-refractivity contribution in [1.29, 1.82) is 0 Å². The zero-order valence-corrected chi connectivity index (χ0v) is 19.7. The van der Waals surface area contributed by atoms with Crippen LogP contribution in [0, 0.1) is 12.8 Å². The van der Waals surface area contributed by atoms with Crippen LogP contribution in [0.5, 0.6) is 17.2 Å². The van der Waals surface area contributed by atoms with E-state index in [4.69, 9.17) is 13.9 Å². The van der Waals surface area contributed by atoms with Gasteiger partial charge in [0.05, 0.1) is 18.5 Å². The average Bonchev–Trinajstić information content (AvgIpc) is 2.80. The zero-order valence-electron chi connectivity index (χ0n) is 19.7. The molecule has 2 N–H and O–H groups in total. The largest absolute Gasteiger partial charge is 0.491 e. The molecule has 0 bridgehead atoms. The molecule has 2 heterocycles. The van der Waals surface area contributed by atoms with E-state index in [0.29, 0.717) is 12.5 Å². The number of halogens is 3. The van der Waals surface area contributed by atoms with Crippen molar-refractivity contribution in [3.8, 4) is 17.2 Å². The van der Waals surface area contributed by atoms with Gasteiger partial charge in [0.2, 0.25) is 11.2 Å². The van der Waals surface area contributed by atoms with Crippen molar-refractivity contribution in [3.05, 3.63) is 64.0 Å². The van der Waals surface area contributed by atoms with E-state index in [9.17, 15) is 23.1 Å². The second kappa shape index (κ2) is 10.3. The number of benzene rings is 2. The lowest BCUT2D eigenvalue weighted by Gasteiger charge is -2.28. The lowest BCUT2D eigenvalue weighted by molar-refractivity contribution is -0.909. The molecule has 0 amide bonds. The van der Waals surface area contributed by atoms with E-state index in [2.05, 4.69) is 6.92 Å². The Hall–Kier alpha value is -3.04. The van der Waals surface area contributed by atoms with Gasteiger partial charge >= 0.3 is 6.18 Å². The second-order valence-electron chi connectivity index (χ2n) is 9.27. The number of aliphatic hydroxyl groups excluding tert-OH is 1. The number of hydrogen-bond acceptors (Lipinski definition) is 5. The van der Waals surface area contributed by atoms with Crippen LogP contribution in [-0.4, -0.2) is 37.5 Å². The molecular weight excluding hydrogens is 463 g/mol. The number of fused-ring (bicyclic) bond motifs is 1. The first kappa shape index (κ1) is 25.1. The van der Waals surface area contributed by atoms with E-state index in [1.807, 2.05) is 0 Å². The minimum atomic E-state index is -4.95. The molecule has 188 valence electrons. The maximum Gasteiger partial charge on any atom is 0.453 e. The summed E-state index contributed by atoms with van der Waals surface area (Å²) in [6.45, 7) is 6.48. The first-order chi connectivity index (χ1) is 16.6. The number of alkyl halides is 3. The monoisotopic (exact) mass is 492 g/mol. The molecule has 0 spiro atoms. The lowest BCUT2D eigenvalue weighted by Crippen LogP contribution is -3.14. The Labute approximate surface area is 200 Å². The van der Waals surface area contributed by atoms with Crippen LogP contribution >= 0.6 is 0 Å². The minimum absolute atomic E-state index is 0.0184. The van der Waals surface area contributed by atoms with Crippen molar-refractivity contribution in [3.63, 3.8) is 0 Å². The van der Waals surface area contributed by atoms with Crippen molar-refractivity contribution in [1.82, 2.24) is 0 Å². The van der Waals surface area contributed by atoms with E-state index < -0.39 is 29.2 Å². The normalized spacial score (nSPS) is 19.5. The molecule has 1 atom stereocenters. The molecule has 0 radical (unpaired) electrons. The van der Waals surface area contributed by atoms with Gasteiger partial charge in [-0.1, -0.05) is 19.1 Å². The topological polar surface area (TPSA) is 73.3 Å². The number of nitrogens with one attached hydrogen (secondary N) is 1. The highest BCUT2D eigenvalue weighted by Crippen LogP contribution is 2.38. The van der Waals surface area contributed by atoms with Crippen LogP contribution in [0.3, 0.4) is 0 Å². The first-order valence-electron chi connectivity index (χ1n) is 11.7. The molecule has 0 aliphatic carbocycles. The van der Waals surface area contributed by atoms with Crippen molar-refractivity contribution in [2.24, 2.45) is 5.92 Å². The van der Waals surface area contributed by atoms with Crippen LogP contribution in [0.15, 0.2) is 51.7 Å². The maximum absolute atomic E-state index is 13.8. The van der Waals surface area contributed by atoms with Gasteiger partial charge in [-0.15, -0.1) is 0 Å². The predicted octanol–water partition coefficient (Wildman–Crippen LogP) is 3.97. The van der Waals surface area contributed by atoms with Crippen LogP contribution in [-0.2, 0) is 6.18 Å². The Morgan fingerprint density at radius 2 is 1.89 bits per heavy atom. The molecule has 1 aliphatic rings. The van der Waals surface area contributed by atoms with Gasteiger partial charge in [0.15, 0.2) is 0 Å². The van der Waals surface area contributed by atoms with E-state index in [-0.39, 0.29) is 29.1 Å². The summed E-state index contributed by atoms with van der Waals surface area (Å²) in [6.07, 6.45) is -3.45. The van der Waals surface area contributed by atoms with Gasteiger partial charge in [-0.3, -0.25) is 4.79 Å². The molecule has 2 aromatic carbocycles. The highest BCUT2D eigenvalue weighted by molar-refractivity contribution is 5.79. The summed E-state index contributed by atoms with van der Waals surface area (Å²) >= 11 is 0. The van der Waals surface area contributed by atoms with E-state index in [0.717, 1.165) is 31.5 Å². The lowest BCUT2D eigenvalue weighted by atomic mass is 9.99. The Morgan fingerprint density at radius 3 is 2.57 bits per heavy atom. The summed E-state index contributed by atoms with van der Waals surface area (Å²) in [7, 11) is 0. The van der Waals surface area contributed by atoms with Crippen LogP contribution in [0.25, 0.3) is 11.0 Å². The number of piperidine rings is 1. The predicted molar refractivity (Wildman–Crippen MR) is 124 cm³/mol. The Balaban J connectivity index is 1.55. The van der Waals surface area contributed by atoms with Crippen LogP contribution in [0.4, 0.5) is 13.2 Å². The molecule has 1 aliphatic heterocycles. The Bertz CT molecular complexity index is 1230. The number of likely N-dealkylation sites (tertiary alicyclic amines) is 1. The van der Waals surface area contributed by atoms with Crippen LogP contribution in [0.1, 0.15) is 31.1 Å². The fourth-order valence-corrected chi connectivity index (χ4v) is 4.28. The molecule has 9 heteroatoms. The molecule has 6 nitrogen and oxygen atoms in total. The van der Waals surface area contributed by atoms with Crippen molar-refractivity contribution in [2.45, 2.75) is 39.0 Å². The molecule has 3 aromatic rings. The number of rotatable bonds is 7. The Morgan fingerprint density at radius 1 is 1.14 bits per heavy atom. The SMILES string of the molecule is Cc1cccc(Oc2c(C(F)(F)F)oc3cc(OC[C@H](O)C[NH+]4CCC(C)CC4)ccc3c2=O)c1. The Kier molecular flexibility index (Phi) is 7.37. The first-order valence-corrected chi connectivity index (χ1v) is 11.7. The van der Waals surface area contributed by atoms with Crippen molar-refractivity contribution in [2.75, 3.05) is 26.2 Å². The standard InChI is InChI=1S/C26H28F3NO5/c1-16-8-10-30(11-9-16)14-18(31)15-33-19-6-7-21-22(13-19)35-25(26(27,28)29)24(23(21)32)34-20-5-3-4-17(2)12-20/h3-7,12-13,16,18,31H,8-11,14-15H2,1-2H3/p+1/t18-/m1/s1. The smallest absolute Gasteiger partial charge is 0.453 e. The number of aryl methyl sites for hydroxylation is 1. The van der Waals surface area contributed by atoms with E-state index >= 15 is 0 Å². The summed E-state index contributed by atoms with van der Waals surface area (Å²) in [4.78, 5) is 14.2. The maximum atomic E-state index is 13.8. The van der Waals surface area contributed by atoms with Gasteiger partial charge in [0, 0.05) is 6.07 Å². The third kappa shape index (κ3) is 6.15. The number of quaternary nitrogens is 1. The van der Waals surface area contributed by atoms with Gasteiger partial charge in [-0.25, -0.2) is 0 Å². The van der Waals surface area contributed by atoms with Crippen LogP contribution in [0.2, 0.25) is 0 Å². The van der Waals surface area contributed by atoms with Gasteiger partial charge in [0.25, 0.3) is 5.76 Å². The molecule has 0 saturated carbocycles. The second-order valence-corrected chi connectivity index (χ2v) is 9.27. The molecule has 1 fully saturated rings. The summed E-state index contributed by atoms with van der Waals surface area (Å²) in [5.74, 6) is -1.44. The highest BCUT2D eigenvalue weighted by atomic mass is 19.4. The van der Waals surface area contributed by atoms with Gasteiger partial charge in [-0.2, -0.15) is 13.2 Å². The van der Waals surface area contributed by atoms with Crippen molar-refractivity contribution < 1.29 is 37.1 Å². The number of aliphatic hydroxyl groups is 1. The number of ether oxygens (including phenoxy) is 2. The summed E-state index contributed by atoms with van der Waals surface area (Å²) in [5, 5.41) is 10.3. The third-order valence-electron chi connectivity index (χ3n) is 6.24. The quantitative estimate of drug-likeness (QED) is 0.522. The van der Waals surface area contributed by atoms with Gasteiger partial charge < -0.3 is 23.9 Å². The molecule has 1 aromatic heterocycles. The minimum Gasteiger partial charge on any atom is -0.491 e. The molecular formula is C26H29F3NO5+. The van der Waals surface area contributed by atoms with Crippen LogP contribution < -0.4 is 19.8 Å². The van der Waals surface area contributed by atoms with Gasteiger partial charge in [-0.05, 0) is 55.5 Å². The molecule has 35 heavy (non-hydrogen) atoms.